The minimum atomic E-state index is -0.264. The number of nitrogens with zero attached hydrogens (tertiary/aromatic N) is 3. The van der Waals surface area contributed by atoms with E-state index in [2.05, 4.69) is 15.1 Å². The van der Waals surface area contributed by atoms with Gasteiger partial charge in [-0.1, -0.05) is 5.16 Å². The molecule has 1 atom stereocenters. The third-order valence-electron chi connectivity index (χ3n) is 2.04. The quantitative estimate of drug-likeness (QED) is 0.835. The van der Waals surface area contributed by atoms with E-state index in [0.29, 0.717) is 23.2 Å². The molecule has 6 nitrogen and oxygen atoms in total. The van der Waals surface area contributed by atoms with E-state index in [4.69, 9.17) is 15.0 Å². The Hall–Kier alpha value is -1.95. The van der Waals surface area contributed by atoms with Crippen molar-refractivity contribution in [2.75, 3.05) is 7.11 Å². The minimum Gasteiger partial charge on any atom is -0.480 e. The summed E-state index contributed by atoms with van der Waals surface area (Å²) in [6.07, 6.45) is 1.63. The first-order valence-corrected chi connectivity index (χ1v) is 4.81. The van der Waals surface area contributed by atoms with Crippen molar-refractivity contribution in [3.63, 3.8) is 0 Å². The molecule has 2 aromatic rings. The fourth-order valence-electron chi connectivity index (χ4n) is 1.25. The van der Waals surface area contributed by atoms with Gasteiger partial charge in [0.15, 0.2) is 5.82 Å². The minimum absolute atomic E-state index is 0.264. The summed E-state index contributed by atoms with van der Waals surface area (Å²) in [5.74, 6) is 1.26. The highest BCUT2D eigenvalue weighted by atomic mass is 16.5. The van der Waals surface area contributed by atoms with Gasteiger partial charge in [-0.15, -0.1) is 0 Å². The molecule has 84 valence electrons. The molecule has 0 fully saturated rings. The Balaban J connectivity index is 2.42. The van der Waals surface area contributed by atoms with E-state index in [0.717, 1.165) is 0 Å². The molecule has 16 heavy (non-hydrogen) atoms. The molecule has 0 aliphatic heterocycles. The lowest BCUT2D eigenvalue weighted by atomic mass is 10.2. The topological polar surface area (TPSA) is 87.1 Å². The molecule has 0 radical (unpaired) electrons. The molecule has 2 aromatic heterocycles. The highest BCUT2D eigenvalue weighted by Gasteiger charge is 2.15. The molecule has 0 saturated heterocycles. The predicted octanol–water partition coefficient (Wildman–Crippen LogP) is 1.16. The number of nitrogens with two attached hydrogens (primary N) is 1. The Morgan fingerprint density at radius 3 is 2.94 bits per heavy atom. The zero-order valence-corrected chi connectivity index (χ0v) is 9.04. The van der Waals surface area contributed by atoms with Gasteiger partial charge >= 0.3 is 0 Å². The van der Waals surface area contributed by atoms with E-state index in [1.54, 1.807) is 25.3 Å². The average molecular weight is 220 g/mol. The molecule has 2 N–H and O–H groups in total. The first kappa shape index (κ1) is 10.6. The number of methoxy groups -OCH3 is 1. The zero-order valence-electron chi connectivity index (χ0n) is 9.04. The summed E-state index contributed by atoms with van der Waals surface area (Å²) >= 11 is 0. The van der Waals surface area contributed by atoms with Gasteiger partial charge in [-0.3, -0.25) is 0 Å². The molecule has 6 heteroatoms. The van der Waals surface area contributed by atoms with E-state index in [1.807, 2.05) is 0 Å². The Bertz CT molecular complexity index is 481. The van der Waals surface area contributed by atoms with E-state index in [-0.39, 0.29) is 6.04 Å². The van der Waals surface area contributed by atoms with Gasteiger partial charge in [0, 0.05) is 6.20 Å². The third kappa shape index (κ3) is 1.87. The Labute approximate surface area is 92.4 Å². The maximum atomic E-state index is 5.64. The lowest BCUT2D eigenvalue weighted by Gasteiger charge is -2.01. The van der Waals surface area contributed by atoms with E-state index in [9.17, 15) is 0 Å². The van der Waals surface area contributed by atoms with Crippen molar-refractivity contribution >= 4 is 0 Å². The number of hydrogen-bond donors (Lipinski definition) is 1. The fourth-order valence-corrected chi connectivity index (χ4v) is 1.25. The van der Waals surface area contributed by atoms with Crippen LogP contribution in [-0.2, 0) is 0 Å². The molecule has 0 spiro atoms. The average Bonchev–Trinajstić information content (AvgIpc) is 2.78. The van der Waals surface area contributed by atoms with Gasteiger partial charge in [0.05, 0.1) is 13.2 Å². The summed E-state index contributed by atoms with van der Waals surface area (Å²) in [7, 11) is 1.54. The number of aromatic nitrogens is 3. The number of rotatable bonds is 3. The van der Waals surface area contributed by atoms with E-state index < -0.39 is 0 Å². The third-order valence-corrected chi connectivity index (χ3v) is 2.04. The van der Waals surface area contributed by atoms with Crippen LogP contribution in [0.4, 0.5) is 0 Å². The van der Waals surface area contributed by atoms with Gasteiger partial charge in [-0.05, 0) is 19.1 Å². The van der Waals surface area contributed by atoms with Crippen LogP contribution in [-0.4, -0.2) is 22.2 Å². The summed E-state index contributed by atoms with van der Waals surface area (Å²) in [5.41, 5.74) is 6.30. The van der Waals surface area contributed by atoms with Crippen molar-refractivity contribution in [2.24, 2.45) is 5.73 Å². The number of hydrogen-bond acceptors (Lipinski definition) is 6. The highest BCUT2D eigenvalue weighted by Crippen LogP contribution is 2.26. The molecule has 2 heterocycles. The SMILES string of the molecule is COc1ncccc1-c1nc(C(C)N)no1. The molecule has 1 unspecified atom stereocenters. The summed E-state index contributed by atoms with van der Waals surface area (Å²) in [5, 5.41) is 3.77. The normalized spacial score (nSPS) is 12.4. The maximum Gasteiger partial charge on any atom is 0.263 e. The molecule has 0 aliphatic rings. The molecule has 0 aromatic carbocycles. The van der Waals surface area contributed by atoms with Crippen molar-refractivity contribution in [3.05, 3.63) is 24.2 Å². The van der Waals surface area contributed by atoms with Crippen LogP contribution < -0.4 is 10.5 Å². The van der Waals surface area contributed by atoms with Gasteiger partial charge in [-0.25, -0.2) is 4.98 Å². The van der Waals surface area contributed by atoms with Crippen molar-refractivity contribution in [1.29, 1.82) is 0 Å². The van der Waals surface area contributed by atoms with E-state index in [1.165, 1.54) is 7.11 Å². The van der Waals surface area contributed by atoms with Crippen LogP contribution >= 0.6 is 0 Å². The van der Waals surface area contributed by atoms with Crippen molar-refractivity contribution in [2.45, 2.75) is 13.0 Å². The van der Waals surface area contributed by atoms with Crippen LogP contribution in [0.3, 0.4) is 0 Å². The molecule has 0 aliphatic carbocycles. The number of pyridine rings is 1. The predicted molar refractivity (Wildman–Crippen MR) is 56.7 cm³/mol. The molecule has 0 bridgehead atoms. The van der Waals surface area contributed by atoms with Gasteiger partial charge in [0.25, 0.3) is 5.89 Å². The smallest absolute Gasteiger partial charge is 0.263 e. The van der Waals surface area contributed by atoms with Crippen molar-refractivity contribution < 1.29 is 9.26 Å². The van der Waals surface area contributed by atoms with Crippen molar-refractivity contribution in [1.82, 2.24) is 15.1 Å². The first-order chi connectivity index (χ1) is 7.72. The Morgan fingerprint density at radius 2 is 2.31 bits per heavy atom. The van der Waals surface area contributed by atoms with Crippen LogP contribution in [0.2, 0.25) is 0 Å². The molecule has 2 rings (SSSR count). The lowest BCUT2D eigenvalue weighted by molar-refractivity contribution is 0.390. The van der Waals surface area contributed by atoms with Crippen molar-refractivity contribution in [3.8, 4) is 17.3 Å². The molecule has 0 saturated carbocycles. The van der Waals surface area contributed by atoms with Gasteiger partial charge in [0.1, 0.15) is 5.56 Å². The largest absolute Gasteiger partial charge is 0.480 e. The van der Waals surface area contributed by atoms with Crippen LogP contribution in [0.5, 0.6) is 5.88 Å². The van der Waals surface area contributed by atoms with E-state index >= 15 is 0 Å². The fraction of sp³-hybridized carbons (Fsp3) is 0.300. The monoisotopic (exact) mass is 220 g/mol. The van der Waals surface area contributed by atoms with Gasteiger partial charge in [-0.2, -0.15) is 4.98 Å². The summed E-state index contributed by atoms with van der Waals surface area (Å²) in [4.78, 5) is 8.21. The maximum absolute atomic E-state index is 5.64. The molecular formula is C10H12N4O2. The van der Waals surface area contributed by atoms with Crippen LogP contribution in [0.15, 0.2) is 22.9 Å². The summed E-state index contributed by atoms with van der Waals surface area (Å²) in [6.45, 7) is 1.79. The van der Waals surface area contributed by atoms with Gasteiger partial charge < -0.3 is 15.0 Å². The number of ether oxygens (including phenoxy) is 1. The zero-order chi connectivity index (χ0) is 11.5. The Kier molecular flexibility index (Phi) is 2.82. The lowest BCUT2D eigenvalue weighted by Crippen LogP contribution is -2.06. The first-order valence-electron chi connectivity index (χ1n) is 4.81. The second-order valence-electron chi connectivity index (χ2n) is 3.31. The Morgan fingerprint density at radius 1 is 1.50 bits per heavy atom. The molecule has 0 amide bonds. The summed E-state index contributed by atoms with van der Waals surface area (Å²) in [6, 6.07) is 3.30. The standard InChI is InChI=1S/C10H12N4O2/c1-6(11)8-13-10(16-14-8)7-4-3-5-12-9(7)15-2/h3-6H,11H2,1-2H3. The highest BCUT2D eigenvalue weighted by molar-refractivity contribution is 5.59. The second kappa shape index (κ2) is 4.28. The van der Waals surface area contributed by atoms with Crippen LogP contribution in [0.25, 0.3) is 11.5 Å². The van der Waals surface area contributed by atoms with Crippen LogP contribution in [0, 0.1) is 0 Å². The molecular weight excluding hydrogens is 208 g/mol. The second-order valence-corrected chi connectivity index (χ2v) is 3.31. The van der Waals surface area contributed by atoms with Crippen LogP contribution in [0.1, 0.15) is 18.8 Å². The van der Waals surface area contributed by atoms with Gasteiger partial charge in [0.2, 0.25) is 5.88 Å². The summed E-state index contributed by atoms with van der Waals surface area (Å²) < 4.78 is 10.2.